The number of rotatable bonds is 15. The van der Waals surface area contributed by atoms with E-state index in [1.165, 1.54) is 12.1 Å². The van der Waals surface area contributed by atoms with Crippen molar-refractivity contribution in [3.05, 3.63) is 101 Å². The predicted molar refractivity (Wildman–Crippen MR) is 217 cm³/mol. The summed E-state index contributed by atoms with van der Waals surface area (Å²) in [6.07, 6.45) is 4.39. The van der Waals surface area contributed by atoms with Crippen LogP contribution in [0.25, 0.3) is 33.9 Å². The van der Waals surface area contributed by atoms with E-state index in [4.69, 9.17) is 66.1 Å². The van der Waals surface area contributed by atoms with E-state index in [9.17, 15) is 25.9 Å². The second kappa shape index (κ2) is 15.7. The van der Waals surface area contributed by atoms with E-state index < -0.39 is 20.2 Å². The molecule has 4 aromatic heterocycles. The lowest BCUT2D eigenvalue weighted by atomic mass is 10.2. The molecule has 0 radical (unpaired) electrons. The maximum absolute atomic E-state index is 11.9. The van der Waals surface area contributed by atoms with Gasteiger partial charge in [-0.05, 0) is 61.4 Å². The van der Waals surface area contributed by atoms with Gasteiger partial charge in [0.05, 0.1) is 57.4 Å². The van der Waals surface area contributed by atoms with Gasteiger partial charge in [-0.15, -0.1) is 22.7 Å². The van der Waals surface area contributed by atoms with Crippen LogP contribution in [0, 0.1) is 0 Å². The Morgan fingerprint density at radius 1 is 0.625 bits per heavy atom. The van der Waals surface area contributed by atoms with Crippen molar-refractivity contribution in [3.8, 4) is 33.9 Å². The van der Waals surface area contributed by atoms with Crippen LogP contribution in [0.4, 0.5) is 0 Å². The van der Waals surface area contributed by atoms with Crippen LogP contribution in [-0.4, -0.2) is 58.7 Å². The summed E-state index contributed by atoms with van der Waals surface area (Å²) in [7, 11) is -8.71. The molecule has 0 amide bonds. The highest BCUT2D eigenvalue weighted by molar-refractivity contribution is 7.88. The van der Waals surface area contributed by atoms with Gasteiger partial charge >= 0.3 is 20.2 Å². The second-order valence-corrected chi connectivity index (χ2v) is 20.4. The molecule has 6 aromatic rings. The molecule has 8 rings (SSSR count). The van der Waals surface area contributed by atoms with Crippen LogP contribution in [0.15, 0.2) is 56.9 Å². The number of halogens is 4. The zero-order valence-corrected chi connectivity index (χ0v) is 35.3. The zero-order chi connectivity index (χ0) is 39.5. The first-order valence-electron chi connectivity index (χ1n) is 17.2. The first-order chi connectivity index (χ1) is 26.7. The summed E-state index contributed by atoms with van der Waals surface area (Å²) in [5.41, 5.74) is 7.23. The summed E-state index contributed by atoms with van der Waals surface area (Å²) in [6.45, 7) is 1.54. The highest BCUT2D eigenvalue weighted by atomic mass is 35.5. The Hall–Kier alpha value is -2.84. The minimum Gasteiger partial charge on any atom is -0.375 e. The van der Waals surface area contributed by atoms with E-state index in [2.05, 4.69) is 0 Å². The lowest BCUT2D eigenvalue weighted by molar-refractivity contribution is 0.105. The van der Waals surface area contributed by atoms with Crippen molar-refractivity contribution in [2.75, 3.05) is 13.2 Å². The average molecular weight is 917 g/mol. The molecule has 2 aliphatic carbocycles. The fraction of sp³-hybridized carbons (Fsp3) is 0.278. The first kappa shape index (κ1) is 40.0. The molecule has 0 spiro atoms. The number of nitrogens with zero attached hydrogens (tertiary/aromatic N) is 4. The van der Waals surface area contributed by atoms with Gasteiger partial charge in [0.25, 0.3) is 0 Å². The van der Waals surface area contributed by atoms with Gasteiger partial charge in [-0.25, -0.2) is 9.36 Å². The Morgan fingerprint density at radius 3 is 1.41 bits per heavy atom. The molecule has 2 aliphatic rings. The summed E-state index contributed by atoms with van der Waals surface area (Å²) in [6, 6.07) is 13.1. The molecule has 294 valence electrons. The third kappa shape index (κ3) is 7.84. The van der Waals surface area contributed by atoms with Crippen molar-refractivity contribution in [2.24, 2.45) is 0 Å². The fourth-order valence-electron chi connectivity index (χ4n) is 6.95. The number of thiophene rings is 2. The number of unbranched alkanes of at least 4 members (excludes halogenated alkanes) is 3. The minimum atomic E-state index is -4.36. The van der Waals surface area contributed by atoms with Crippen molar-refractivity contribution in [1.82, 2.24) is 19.6 Å². The van der Waals surface area contributed by atoms with Gasteiger partial charge in [0.2, 0.25) is 0 Å². The van der Waals surface area contributed by atoms with E-state index in [0.29, 0.717) is 80.0 Å². The van der Waals surface area contributed by atoms with Crippen LogP contribution in [0.5, 0.6) is 0 Å². The topological polar surface area (TPSA) is 163 Å². The summed E-state index contributed by atoms with van der Waals surface area (Å²) in [5.74, 6) is 0. The van der Waals surface area contributed by atoms with Crippen LogP contribution < -0.4 is 0 Å². The van der Waals surface area contributed by atoms with Crippen LogP contribution in [-0.2, 0) is 55.8 Å². The monoisotopic (exact) mass is 914 g/mol. The molecule has 56 heavy (non-hydrogen) atoms. The van der Waals surface area contributed by atoms with Crippen LogP contribution >= 0.6 is 69.1 Å². The van der Waals surface area contributed by atoms with Crippen LogP contribution in [0.2, 0.25) is 20.1 Å². The number of aromatic nitrogens is 4. The van der Waals surface area contributed by atoms with E-state index in [0.717, 1.165) is 80.6 Å². The Bertz CT molecular complexity index is 2560. The molecule has 20 heteroatoms. The van der Waals surface area contributed by atoms with E-state index in [1.54, 1.807) is 45.8 Å². The van der Waals surface area contributed by atoms with E-state index >= 15 is 0 Å². The third-order valence-electron chi connectivity index (χ3n) is 9.48. The summed E-state index contributed by atoms with van der Waals surface area (Å²) >= 11 is 27.4. The van der Waals surface area contributed by atoms with Gasteiger partial charge in [-0.3, -0.25) is 9.11 Å². The SMILES string of the molecule is O=S(=O)(O)c1cc2c(s1)Cc1c(COCCCCCCOCc3nn(-c4ccc(Cl)cc4Cl)c4c3Cc3sc(S(=O)(=O)O)cc3-4)nn(-c3ccc(Cl)cc3Cl)c1-2. The largest absolute Gasteiger partial charge is 0.375 e. The molecular weight excluding hydrogens is 886 g/mol. The molecule has 0 fully saturated rings. The Labute approximate surface area is 350 Å². The Morgan fingerprint density at radius 2 is 1.04 bits per heavy atom. The van der Waals surface area contributed by atoms with Crippen LogP contribution in [0.3, 0.4) is 0 Å². The molecule has 4 heterocycles. The quantitative estimate of drug-likeness (QED) is 0.0748. The molecule has 0 atom stereocenters. The Balaban J connectivity index is 0.855. The molecule has 12 nitrogen and oxygen atoms in total. The maximum atomic E-state index is 11.9. The van der Waals surface area contributed by atoms with Gasteiger partial charge in [-0.1, -0.05) is 59.2 Å². The molecule has 0 saturated heterocycles. The first-order valence-corrected chi connectivity index (χ1v) is 23.2. The molecule has 0 bridgehead atoms. The standard InChI is InChI=1S/C36H30Cl4N4O8S4/c37-19-5-7-29(25(39)11-19)43-35-21(13-31-23(35)15-33(53-31)55(45,46)47)27(41-43)17-51-9-3-1-2-4-10-52-18-28-22-14-32-24(16-34(54-32)56(48,49)50)36(22)44(42-28)30-8-6-20(38)12-26(30)40/h5-8,11-12,15-16H,1-4,9-10,13-14,17-18H2,(H,45,46,47)(H,48,49,50). The number of benzene rings is 2. The summed E-state index contributed by atoms with van der Waals surface area (Å²) in [4.78, 5) is 1.61. The minimum absolute atomic E-state index is 0.124. The van der Waals surface area contributed by atoms with Crippen molar-refractivity contribution in [3.63, 3.8) is 0 Å². The van der Waals surface area contributed by atoms with Gasteiger partial charge in [0.15, 0.2) is 0 Å². The second-order valence-electron chi connectivity index (χ2n) is 13.2. The molecule has 0 aliphatic heterocycles. The van der Waals surface area contributed by atoms with Crippen molar-refractivity contribution < 1.29 is 35.4 Å². The highest BCUT2D eigenvalue weighted by Crippen LogP contribution is 2.47. The Kier molecular flexibility index (Phi) is 11.2. The van der Waals surface area contributed by atoms with Crippen LogP contribution in [0.1, 0.15) is 58.0 Å². The lowest BCUT2D eigenvalue weighted by Crippen LogP contribution is -2.03. The van der Waals surface area contributed by atoms with Gasteiger partial charge in [0, 0.05) is 68.1 Å². The lowest BCUT2D eigenvalue weighted by Gasteiger charge is -2.09. The van der Waals surface area contributed by atoms with Gasteiger partial charge in [0.1, 0.15) is 8.42 Å². The number of fused-ring (bicyclic) bond motifs is 6. The van der Waals surface area contributed by atoms with Crippen molar-refractivity contribution >= 4 is 89.3 Å². The zero-order valence-electron chi connectivity index (χ0n) is 29.0. The summed E-state index contributed by atoms with van der Waals surface area (Å²) < 4.78 is 82.0. The highest BCUT2D eigenvalue weighted by Gasteiger charge is 2.34. The summed E-state index contributed by atoms with van der Waals surface area (Å²) in [5, 5.41) is 11.3. The number of hydrogen-bond donors (Lipinski definition) is 2. The van der Waals surface area contributed by atoms with E-state index in [-0.39, 0.29) is 21.6 Å². The van der Waals surface area contributed by atoms with Crippen molar-refractivity contribution in [1.29, 1.82) is 0 Å². The van der Waals surface area contributed by atoms with E-state index in [1.807, 2.05) is 0 Å². The maximum Gasteiger partial charge on any atom is 0.304 e. The smallest absolute Gasteiger partial charge is 0.304 e. The fourth-order valence-corrected chi connectivity index (χ4v) is 11.7. The average Bonchev–Trinajstić information content (AvgIpc) is 3.94. The third-order valence-corrected chi connectivity index (χ3v) is 15.4. The molecule has 2 aromatic carbocycles. The molecule has 2 N–H and O–H groups in total. The number of hydrogen-bond acceptors (Lipinski definition) is 10. The molecular formula is C36H30Cl4N4O8S4. The predicted octanol–water partition coefficient (Wildman–Crippen LogP) is 9.72. The van der Waals surface area contributed by atoms with Gasteiger partial charge in [-0.2, -0.15) is 27.0 Å². The normalized spacial score (nSPS) is 13.3. The van der Waals surface area contributed by atoms with Crippen molar-refractivity contribution in [2.45, 2.75) is 60.2 Å². The molecule has 0 saturated carbocycles. The van der Waals surface area contributed by atoms with Gasteiger partial charge < -0.3 is 9.47 Å². The number of ether oxygens (including phenoxy) is 2. The molecule has 0 unspecified atom stereocenters.